The number of oxazole rings is 1. The van der Waals surface area contributed by atoms with Crippen LogP contribution < -0.4 is 5.73 Å². The van der Waals surface area contributed by atoms with Gasteiger partial charge in [0.1, 0.15) is 6.26 Å². The molecule has 96 valence electrons. The first-order valence-electron chi connectivity index (χ1n) is 5.28. The van der Waals surface area contributed by atoms with Crippen molar-refractivity contribution in [2.45, 2.75) is 6.92 Å². The van der Waals surface area contributed by atoms with E-state index < -0.39 is 5.91 Å². The summed E-state index contributed by atoms with van der Waals surface area (Å²) in [6.07, 6.45) is 2.61. The molecule has 0 atom stereocenters. The summed E-state index contributed by atoms with van der Waals surface area (Å²) in [4.78, 5) is 19.0. The fraction of sp³-hybridized carbons (Fsp3) is 0.0909. The molecule has 0 saturated carbocycles. The monoisotopic (exact) mass is 260 g/mol. The first-order chi connectivity index (χ1) is 9.15. The fourth-order valence-corrected chi connectivity index (χ4v) is 1.53. The average Bonchev–Trinajstić information content (AvgIpc) is 3.07. The van der Waals surface area contributed by atoms with Crippen LogP contribution in [0.3, 0.4) is 0 Å². The summed E-state index contributed by atoms with van der Waals surface area (Å²) < 4.78 is 15.2. The molecule has 8 heteroatoms. The minimum Gasteiger partial charge on any atom is -0.458 e. The molecule has 0 aliphatic carbocycles. The largest absolute Gasteiger partial charge is 0.458 e. The lowest BCUT2D eigenvalue weighted by molar-refractivity contribution is 0.0974. The van der Waals surface area contributed by atoms with E-state index in [1.54, 1.807) is 6.92 Å². The molecular formula is C11H8N4O4. The van der Waals surface area contributed by atoms with Gasteiger partial charge in [0.2, 0.25) is 5.82 Å². The van der Waals surface area contributed by atoms with Gasteiger partial charge >= 0.3 is 0 Å². The molecular weight excluding hydrogens is 252 g/mol. The number of hydrogen-bond donors (Lipinski definition) is 1. The number of rotatable bonds is 3. The molecule has 0 spiro atoms. The second-order valence-corrected chi connectivity index (χ2v) is 3.75. The zero-order valence-corrected chi connectivity index (χ0v) is 9.78. The summed E-state index contributed by atoms with van der Waals surface area (Å²) in [5.41, 5.74) is 6.20. The average molecular weight is 260 g/mol. The Morgan fingerprint density at radius 3 is 2.84 bits per heavy atom. The smallest absolute Gasteiger partial charge is 0.284 e. The maximum Gasteiger partial charge on any atom is 0.284 e. The maximum absolute atomic E-state index is 10.9. The van der Waals surface area contributed by atoms with Crippen molar-refractivity contribution in [3.63, 3.8) is 0 Å². The summed E-state index contributed by atoms with van der Waals surface area (Å²) in [5, 5.41) is 3.77. The van der Waals surface area contributed by atoms with Gasteiger partial charge in [-0.25, -0.2) is 4.98 Å². The van der Waals surface area contributed by atoms with E-state index >= 15 is 0 Å². The second-order valence-electron chi connectivity index (χ2n) is 3.75. The van der Waals surface area contributed by atoms with Gasteiger partial charge in [0.25, 0.3) is 11.8 Å². The van der Waals surface area contributed by atoms with Crippen molar-refractivity contribution in [2.75, 3.05) is 0 Å². The minimum absolute atomic E-state index is 0.0191. The molecule has 1 amide bonds. The first kappa shape index (κ1) is 11.2. The number of amides is 1. The summed E-state index contributed by atoms with van der Waals surface area (Å²) in [6, 6.07) is 1.42. The van der Waals surface area contributed by atoms with Gasteiger partial charge < -0.3 is 19.1 Å². The quantitative estimate of drug-likeness (QED) is 0.754. The van der Waals surface area contributed by atoms with Crippen molar-refractivity contribution in [3.05, 3.63) is 30.2 Å². The molecule has 0 bridgehead atoms. The Morgan fingerprint density at radius 1 is 1.37 bits per heavy atom. The summed E-state index contributed by atoms with van der Waals surface area (Å²) in [6.45, 7) is 1.76. The van der Waals surface area contributed by atoms with E-state index in [0.717, 1.165) is 0 Å². The zero-order chi connectivity index (χ0) is 13.4. The number of nitrogens with zero attached hydrogens (tertiary/aromatic N) is 3. The van der Waals surface area contributed by atoms with Crippen molar-refractivity contribution >= 4 is 5.91 Å². The molecule has 0 aromatic carbocycles. The lowest BCUT2D eigenvalue weighted by Crippen LogP contribution is -2.09. The predicted molar refractivity (Wildman–Crippen MR) is 60.8 cm³/mol. The van der Waals surface area contributed by atoms with Crippen LogP contribution in [-0.4, -0.2) is 21.0 Å². The second kappa shape index (κ2) is 4.09. The number of furan rings is 1. The Kier molecular flexibility index (Phi) is 2.41. The molecule has 8 nitrogen and oxygen atoms in total. The van der Waals surface area contributed by atoms with Crippen molar-refractivity contribution in [1.29, 1.82) is 0 Å². The normalized spacial score (nSPS) is 10.8. The molecule has 0 fully saturated rings. The van der Waals surface area contributed by atoms with Crippen molar-refractivity contribution in [1.82, 2.24) is 15.1 Å². The Balaban J connectivity index is 1.97. The molecule has 0 unspecified atom stereocenters. The highest BCUT2D eigenvalue weighted by molar-refractivity contribution is 5.91. The lowest BCUT2D eigenvalue weighted by atomic mass is 10.3. The fourth-order valence-electron chi connectivity index (χ4n) is 1.53. The van der Waals surface area contributed by atoms with Crippen LogP contribution in [0, 0.1) is 6.92 Å². The highest BCUT2D eigenvalue weighted by Crippen LogP contribution is 2.25. The number of aryl methyl sites for hydroxylation is 1. The van der Waals surface area contributed by atoms with Crippen LogP contribution in [0.25, 0.3) is 23.0 Å². The molecule has 3 aromatic heterocycles. The minimum atomic E-state index is -0.669. The van der Waals surface area contributed by atoms with Crippen LogP contribution in [0.15, 0.2) is 32.1 Å². The highest BCUT2D eigenvalue weighted by atomic mass is 16.5. The van der Waals surface area contributed by atoms with Crippen LogP contribution in [0.1, 0.15) is 16.2 Å². The SMILES string of the molecule is Cc1ncoc1-c1noc(-c2coc(C(N)=O)c2)n1. The predicted octanol–water partition coefficient (Wildman–Crippen LogP) is 1.39. The van der Waals surface area contributed by atoms with Gasteiger partial charge in [-0.05, 0) is 6.92 Å². The Morgan fingerprint density at radius 2 is 2.21 bits per heavy atom. The van der Waals surface area contributed by atoms with E-state index in [0.29, 0.717) is 17.0 Å². The Hall–Kier alpha value is -2.90. The van der Waals surface area contributed by atoms with Gasteiger partial charge in [-0.15, -0.1) is 0 Å². The van der Waals surface area contributed by atoms with Crippen molar-refractivity contribution in [3.8, 4) is 23.0 Å². The molecule has 3 aromatic rings. The van der Waals surface area contributed by atoms with Crippen molar-refractivity contribution in [2.24, 2.45) is 5.73 Å². The van der Waals surface area contributed by atoms with Gasteiger partial charge in [-0.2, -0.15) is 4.98 Å². The van der Waals surface area contributed by atoms with E-state index in [9.17, 15) is 4.79 Å². The van der Waals surface area contributed by atoms with Crippen molar-refractivity contribution < 1.29 is 18.2 Å². The van der Waals surface area contributed by atoms with E-state index in [1.807, 2.05) is 0 Å². The van der Waals surface area contributed by atoms with Gasteiger partial charge in [0.15, 0.2) is 17.9 Å². The molecule has 0 aliphatic heterocycles. The highest BCUT2D eigenvalue weighted by Gasteiger charge is 2.18. The number of hydrogen-bond acceptors (Lipinski definition) is 7. The Bertz CT molecular complexity index is 739. The summed E-state index contributed by atoms with van der Waals surface area (Å²) >= 11 is 0. The molecule has 0 saturated heterocycles. The third-order valence-electron chi connectivity index (χ3n) is 2.46. The number of primary amides is 1. The molecule has 0 radical (unpaired) electrons. The van der Waals surface area contributed by atoms with Gasteiger partial charge in [-0.3, -0.25) is 4.79 Å². The Labute approximate surface area is 106 Å². The van der Waals surface area contributed by atoms with E-state index in [2.05, 4.69) is 15.1 Å². The number of carbonyl (C=O) groups is 1. The summed E-state index contributed by atoms with van der Waals surface area (Å²) in [5.74, 6) is 0.241. The third kappa shape index (κ3) is 1.88. The van der Waals surface area contributed by atoms with E-state index in [4.69, 9.17) is 19.1 Å². The van der Waals surface area contributed by atoms with Crippen LogP contribution in [0.4, 0.5) is 0 Å². The molecule has 2 N–H and O–H groups in total. The summed E-state index contributed by atoms with van der Waals surface area (Å²) in [7, 11) is 0. The standard InChI is InChI=1S/C11H8N4O4/c1-5-8(18-4-13-5)10-14-11(19-15-10)6-2-7(9(12)16)17-3-6/h2-4H,1H3,(H2,12,16). The number of aromatic nitrogens is 3. The van der Waals surface area contributed by atoms with Crippen LogP contribution in [0.2, 0.25) is 0 Å². The molecule has 19 heavy (non-hydrogen) atoms. The number of nitrogens with two attached hydrogens (primary N) is 1. The van der Waals surface area contributed by atoms with E-state index in [1.165, 1.54) is 18.7 Å². The maximum atomic E-state index is 10.9. The van der Waals surface area contributed by atoms with Gasteiger partial charge in [-0.1, -0.05) is 5.16 Å². The van der Waals surface area contributed by atoms with Gasteiger partial charge in [0.05, 0.1) is 11.3 Å². The van der Waals surface area contributed by atoms with E-state index in [-0.39, 0.29) is 17.5 Å². The van der Waals surface area contributed by atoms with Crippen LogP contribution in [0.5, 0.6) is 0 Å². The van der Waals surface area contributed by atoms with Gasteiger partial charge in [0, 0.05) is 6.07 Å². The lowest BCUT2D eigenvalue weighted by Gasteiger charge is -1.85. The first-order valence-corrected chi connectivity index (χ1v) is 5.28. The van der Waals surface area contributed by atoms with Crippen LogP contribution in [-0.2, 0) is 0 Å². The zero-order valence-electron chi connectivity index (χ0n) is 9.78. The topological polar surface area (TPSA) is 121 Å². The van der Waals surface area contributed by atoms with Crippen LogP contribution >= 0.6 is 0 Å². The molecule has 3 heterocycles. The third-order valence-corrected chi connectivity index (χ3v) is 2.46. The number of carbonyl (C=O) groups excluding carboxylic acids is 1. The molecule has 3 rings (SSSR count). The molecule has 0 aliphatic rings.